The van der Waals surface area contributed by atoms with Crippen LogP contribution in [-0.4, -0.2) is 61.5 Å². The van der Waals surface area contributed by atoms with Gasteiger partial charge in [0.25, 0.3) is 11.8 Å². The van der Waals surface area contributed by atoms with E-state index in [0.717, 1.165) is 13.8 Å². The molecule has 0 aliphatic heterocycles. The molecule has 0 saturated heterocycles. The highest BCUT2D eigenvalue weighted by Gasteiger charge is 2.41. The van der Waals surface area contributed by atoms with Crippen molar-refractivity contribution in [2.24, 2.45) is 13.0 Å². The summed E-state index contributed by atoms with van der Waals surface area (Å²) in [7, 11) is 3.54. The fourth-order valence-corrected chi connectivity index (χ4v) is 6.31. The largest absolute Gasteiger partial charge is 0.391 e. The maximum atomic E-state index is 14.0. The number of aromatic nitrogens is 5. The number of halogens is 6. The molecule has 0 unspecified atom stereocenters. The van der Waals surface area contributed by atoms with Gasteiger partial charge in [-0.1, -0.05) is 29.3 Å². The first-order valence-corrected chi connectivity index (χ1v) is 16.4. The van der Waals surface area contributed by atoms with Crippen LogP contribution in [0.25, 0.3) is 11.0 Å². The van der Waals surface area contributed by atoms with E-state index in [1.165, 1.54) is 0 Å². The van der Waals surface area contributed by atoms with E-state index in [4.69, 9.17) is 28.2 Å². The number of imidazole rings is 1. The molecule has 264 valence electrons. The standard InChI is InChI=1S/C32H37Cl2F4N9O2/c1-16-40-25(45-44-16)15-46(4)23-13-24-22(12-20(23)28(48)41-19-9-7-18(8-10-19)32(36,37)38)42-30(47(24)5)43-27-21(33)11-6-17(26(27)34)14-39-29(49)31(2,3)35/h6,11-13,18-19H,7-10,14-15H2,1-5H3,(H,39,49)(H,41,48)(H,42,43)(H,40,44,45)/t18-,19-. The van der Waals surface area contributed by atoms with E-state index in [9.17, 15) is 27.2 Å². The molecule has 1 fully saturated rings. The third-order valence-electron chi connectivity index (χ3n) is 8.60. The summed E-state index contributed by atoms with van der Waals surface area (Å²) in [5, 5.41) is 16.0. The second kappa shape index (κ2) is 14.0. The highest BCUT2D eigenvalue weighted by Crippen LogP contribution is 2.39. The molecule has 0 spiro atoms. The zero-order chi connectivity index (χ0) is 35.8. The van der Waals surface area contributed by atoms with Crippen LogP contribution in [0, 0.1) is 12.8 Å². The second-order valence-corrected chi connectivity index (χ2v) is 13.6. The Morgan fingerprint density at radius 1 is 1.08 bits per heavy atom. The maximum Gasteiger partial charge on any atom is 0.391 e. The number of anilines is 3. The Bertz CT molecular complexity index is 1860. The fraction of sp³-hybridized carbons (Fsp3) is 0.469. The molecule has 11 nitrogen and oxygen atoms in total. The predicted octanol–water partition coefficient (Wildman–Crippen LogP) is 6.90. The van der Waals surface area contributed by atoms with Gasteiger partial charge in [0, 0.05) is 26.7 Å². The Kier molecular flexibility index (Phi) is 10.4. The lowest BCUT2D eigenvalue weighted by atomic mass is 9.85. The van der Waals surface area contributed by atoms with Crippen LogP contribution in [0.3, 0.4) is 0 Å². The number of carbonyl (C=O) groups is 2. The number of nitrogens with one attached hydrogen (secondary N) is 4. The van der Waals surface area contributed by atoms with Crippen molar-refractivity contribution in [2.45, 2.75) is 77.4 Å². The SMILES string of the molecule is Cc1n[nH]c(CN(C)c2cc3c(cc2C(=O)N[C@H]2CC[C@H](C(F)(F)F)CC2)nc(Nc2c(Cl)ccc(CNC(=O)C(C)(C)F)c2Cl)n3C)n1. The lowest BCUT2D eigenvalue weighted by molar-refractivity contribution is -0.182. The minimum Gasteiger partial charge on any atom is -0.366 e. The number of aromatic amines is 1. The van der Waals surface area contributed by atoms with Crippen LogP contribution in [0.15, 0.2) is 24.3 Å². The van der Waals surface area contributed by atoms with E-state index in [-0.39, 0.29) is 54.4 Å². The average molecular weight is 727 g/mol. The molecular weight excluding hydrogens is 689 g/mol. The molecule has 17 heteroatoms. The number of hydrogen-bond donors (Lipinski definition) is 4. The maximum absolute atomic E-state index is 14.0. The molecule has 1 aliphatic rings. The number of benzene rings is 2. The first kappa shape index (κ1) is 36.2. The number of H-pyrrole nitrogens is 1. The predicted molar refractivity (Wildman–Crippen MR) is 180 cm³/mol. The van der Waals surface area contributed by atoms with Crippen molar-refractivity contribution in [3.63, 3.8) is 0 Å². The molecule has 2 amide bonds. The summed E-state index contributed by atoms with van der Waals surface area (Å²) >= 11 is 13.2. The molecule has 49 heavy (non-hydrogen) atoms. The van der Waals surface area contributed by atoms with E-state index in [2.05, 4.69) is 31.1 Å². The Labute approximate surface area is 290 Å². The van der Waals surface area contributed by atoms with Crippen molar-refractivity contribution in [2.75, 3.05) is 17.3 Å². The smallest absolute Gasteiger partial charge is 0.366 e. The van der Waals surface area contributed by atoms with Crippen LogP contribution in [0.2, 0.25) is 10.0 Å². The molecule has 0 radical (unpaired) electrons. The number of hydrogen-bond acceptors (Lipinski definition) is 7. The van der Waals surface area contributed by atoms with Crippen molar-refractivity contribution in [3.05, 3.63) is 57.1 Å². The summed E-state index contributed by atoms with van der Waals surface area (Å²) in [6.07, 6.45) is -3.92. The third kappa shape index (κ3) is 8.20. The van der Waals surface area contributed by atoms with Crippen LogP contribution < -0.4 is 20.9 Å². The molecule has 4 aromatic rings. The third-order valence-corrected chi connectivity index (χ3v) is 9.34. The topological polar surface area (TPSA) is 133 Å². The average Bonchev–Trinajstić information content (AvgIpc) is 3.58. The van der Waals surface area contributed by atoms with Gasteiger partial charge in [-0.05, 0) is 70.2 Å². The molecule has 2 aromatic carbocycles. The number of amides is 2. The quantitative estimate of drug-likeness (QED) is 0.131. The molecule has 2 aromatic heterocycles. The van der Waals surface area contributed by atoms with Gasteiger partial charge in [0.2, 0.25) is 5.95 Å². The molecule has 0 bridgehead atoms. The zero-order valence-electron chi connectivity index (χ0n) is 27.5. The Balaban J connectivity index is 1.46. The first-order chi connectivity index (χ1) is 22.9. The van der Waals surface area contributed by atoms with E-state index >= 15 is 0 Å². The number of aryl methyl sites for hydroxylation is 2. The van der Waals surface area contributed by atoms with E-state index in [0.29, 0.717) is 45.6 Å². The molecule has 0 atom stereocenters. The van der Waals surface area contributed by atoms with Crippen LogP contribution >= 0.6 is 23.2 Å². The van der Waals surface area contributed by atoms with Crippen LogP contribution in [-0.2, 0) is 24.9 Å². The highest BCUT2D eigenvalue weighted by molar-refractivity contribution is 6.39. The zero-order valence-corrected chi connectivity index (χ0v) is 29.0. The highest BCUT2D eigenvalue weighted by atomic mass is 35.5. The van der Waals surface area contributed by atoms with Crippen molar-refractivity contribution < 1.29 is 27.2 Å². The summed E-state index contributed by atoms with van der Waals surface area (Å²) in [5.41, 5.74) is 0.611. The van der Waals surface area contributed by atoms with E-state index < -0.39 is 35.6 Å². The Hall–Kier alpha value is -4.11. The summed E-state index contributed by atoms with van der Waals surface area (Å²) < 4.78 is 55.5. The van der Waals surface area contributed by atoms with Crippen LogP contribution in [0.5, 0.6) is 0 Å². The van der Waals surface area contributed by atoms with Gasteiger partial charge in [-0.3, -0.25) is 14.7 Å². The number of fused-ring (bicyclic) bond motifs is 1. The number of carbonyl (C=O) groups excluding carboxylic acids is 2. The van der Waals surface area contributed by atoms with Crippen molar-refractivity contribution in [3.8, 4) is 0 Å². The van der Waals surface area contributed by atoms with Gasteiger partial charge in [-0.15, -0.1) is 0 Å². The van der Waals surface area contributed by atoms with E-state index in [1.807, 2.05) is 4.90 Å². The Morgan fingerprint density at radius 2 is 1.78 bits per heavy atom. The van der Waals surface area contributed by atoms with Gasteiger partial charge in [0.15, 0.2) is 5.67 Å². The fourth-order valence-electron chi connectivity index (χ4n) is 5.78. The minimum absolute atomic E-state index is 0.0455. The molecule has 1 aliphatic carbocycles. The van der Waals surface area contributed by atoms with Crippen LogP contribution in [0.1, 0.15) is 67.1 Å². The lowest BCUT2D eigenvalue weighted by Crippen LogP contribution is -2.40. The number of rotatable bonds is 10. The molecule has 2 heterocycles. The summed E-state index contributed by atoms with van der Waals surface area (Å²) in [5.74, 6) is -1.15. The molecule has 4 N–H and O–H groups in total. The van der Waals surface area contributed by atoms with Crippen molar-refractivity contribution >= 4 is 63.4 Å². The second-order valence-electron chi connectivity index (χ2n) is 12.8. The van der Waals surface area contributed by atoms with Gasteiger partial charge >= 0.3 is 6.18 Å². The first-order valence-electron chi connectivity index (χ1n) is 15.6. The van der Waals surface area contributed by atoms with E-state index in [1.54, 1.807) is 49.9 Å². The van der Waals surface area contributed by atoms with Crippen molar-refractivity contribution in [1.29, 1.82) is 0 Å². The van der Waals surface area contributed by atoms with Crippen LogP contribution in [0.4, 0.5) is 34.9 Å². The summed E-state index contributed by atoms with van der Waals surface area (Å²) in [6, 6.07) is 6.22. The number of nitrogens with zero attached hydrogens (tertiary/aromatic N) is 5. The van der Waals surface area contributed by atoms with Gasteiger partial charge in [0.05, 0.1) is 50.5 Å². The lowest BCUT2D eigenvalue weighted by Gasteiger charge is -2.30. The van der Waals surface area contributed by atoms with Gasteiger partial charge < -0.3 is 25.4 Å². The van der Waals surface area contributed by atoms with Gasteiger partial charge in [-0.25, -0.2) is 14.4 Å². The molecule has 5 rings (SSSR count). The molecular formula is C32H37Cl2F4N9O2. The molecule has 1 saturated carbocycles. The normalized spacial score (nSPS) is 16.9. The van der Waals surface area contributed by atoms with Gasteiger partial charge in [0.1, 0.15) is 11.6 Å². The summed E-state index contributed by atoms with van der Waals surface area (Å²) in [4.78, 5) is 36.7. The summed E-state index contributed by atoms with van der Waals surface area (Å²) in [6.45, 7) is 4.29. The monoisotopic (exact) mass is 725 g/mol. The van der Waals surface area contributed by atoms with Crippen molar-refractivity contribution in [1.82, 2.24) is 35.4 Å². The van der Waals surface area contributed by atoms with Gasteiger partial charge in [-0.2, -0.15) is 18.3 Å². The number of alkyl halides is 4. The minimum atomic E-state index is -4.25. The Morgan fingerprint density at radius 3 is 2.39 bits per heavy atom.